The van der Waals surface area contributed by atoms with E-state index < -0.39 is 0 Å². The largest absolute Gasteiger partial charge is 0.397 e. The lowest BCUT2D eigenvalue weighted by atomic mass is 10.1. The van der Waals surface area contributed by atoms with Gasteiger partial charge in [-0.05, 0) is 37.5 Å². The summed E-state index contributed by atoms with van der Waals surface area (Å²) in [5, 5.41) is 3.13. The highest BCUT2D eigenvalue weighted by atomic mass is 19.1. The van der Waals surface area contributed by atoms with Gasteiger partial charge in [0, 0.05) is 13.2 Å². The lowest BCUT2D eigenvalue weighted by molar-refractivity contribution is 0.0248. The lowest BCUT2D eigenvalue weighted by Gasteiger charge is -2.23. The summed E-state index contributed by atoms with van der Waals surface area (Å²) in [6.07, 6.45) is 3.61. The van der Waals surface area contributed by atoms with Gasteiger partial charge in [-0.3, -0.25) is 0 Å². The first-order valence-corrected chi connectivity index (χ1v) is 5.66. The average Bonchev–Trinajstić information content (AvgIpc) is 2.32. The minimum absolute atomic E-state index is 0.219. The highest BCUT2D eigenvalue weighted by Gasteiger charge is 2.13. The van der Waals surface area contributed by atoms with E-state index in [1.807, 2.05) is 0 Å². The van der Waals surface area contributed by atoms with E-state index in [2.05, 4.69) is 5.32 Å². The molecule has 0 aliphatic carbocycles. The van der Waals surface area contributed by atoms with E-state index in [4.69, 9.17) is 10.5 Å². The number of halogens is 1. The van der Waals surface area contributed by atoms with Crippen LogP contribution in [0.25, 0.3) is 0 Å². The molecule has 1 aromatic rings. The maximum Gasteiger partial charge on any atom is 0.125 e. The summed E-state index contributed by atoms with van der Waals surface area (Å²) >= 11 is 0. The van der Waals surface area contributed by atoms with E-state index in [1.165, 1.54) is 18.6 Å². The Bertz CT molecular complexity index is 351. The van der Waals surface area contributed by atoms with Crippen molar-refractivity contribution in [3.05, 3.63) is 24.0 Å². The fourth-order valence-electron chi connectivity index (χ4n) is 1.87. The third-order valence-corrected chi connectivity index (χ3v) is 2.81. The molecule has 0 amide bonds. The van der Waals surface area contributed by atoms with Gasteiger partial charge in [0.05, 0.1) is 17.5 Å². The molecule has 1 aromatic carbocycles. The molecule has 1 aliphatic rings. The maximum absolute atomic E-state index is 13.0. The number of nitrogens with one attached hydrogen (secondary N) is 1. The molecule has 0 saturated carbocycles. The monoisotopic (exact) mass is 224 g/mol. The molecule has 2 rings (SSSR count). The van der Waals surface area contributed by atoms with Gasteiger partial charge in [0.2, 0.25) is 0 Å². The molecular weight excluding hydrogens is 207 g/mol. The molecule has 3 N–H and O–H groups in total. The van der Waals surface area contributed by atoms with Crippen LogP contribution in [0.5, 0.6) is 0 Å². The summed E-state index contributed by atoms with van der Waals surface area (Å²) in [6.45, 7) is 1.51. The minimum atomic E-state index is -0.277. The van der Waals surface area contributed by atoms with Crippen molar-refractivity contribution in [2.45, 2.75) is 25.4 Å². The maximum atomic E-state index is 13.0. The van der Waals surface area contributed by atoms with Crippen molar-refractivity contribution in [1.82, 2.24) is 0 Å². The van der Waals surface area contributed by atoms with Crippen LogP contribution in [0.3, 0.4) is 0 Å². The van der Waals surface area contributed by atoms with Crippen LogP contribution in [0.15, 0.2) is 18.2 Å². The number of hydrogen-bond acceptors (Lipinski definition) is 3. The van der Waals surface area contributed by atoms with Crippen LogP contribution in [0.1, 0.15) is 19.3 Å². The van der Waals surface area contributed by atoms with Crippen molar-refractivity contribution < 1.29 is 9.13 Å². The smallest absolute Gasteiger partial charge is 0.125 e. The zero-order valence-corrected chi connectivity index (χ0v) is 9.21. The van der Waals surface area contributed by atoms with Gasteiger partial charge in [-0.1, -0.05) is 0 Å². The Morgan fingerprint density at radius 2 is 2.31 bits per heavy atom. The van der Waals surface area contributed by atoms with Gasteiger partial charge in [0.15, 0.2) is 0 Å². The summed E-state index contributed by atoms with van der Waals surface area (Å²) < 4.78 is 18.6. The van der Waals surface area contributed by atoms with Gasteiger partial charge >= 0.3 is 0 Å². The van der Waals surface area contributed by atoms with Crippen molar-refractivity contribution >= 4 is 11.4 Å². The Kier molecular flexibility index (Phi) is 3.62. The lowest BCUT2D eigenvalue weighted by Crippen LogP contribution is -2.27. The quantitative estimate of drug-likeness (QED) is 0.775. The molecule has 88 valence electrons. The topological polar surface area (TPSA) is 47.3 Å². The van der Waals surface area contributed by atoms with Crippen molar-refractivity contribution in [2.75, 3.05) is 24.2 Å². The van der Waals surface area contributed by atoms with E-state index >= 15 is 0 Å². The van der Waals surface area contributed by atoms with Crippen LogP contribution < -0.4 is 11.1 Å². The molecular formula is C12H17FN2O. The molecule has 1 aliphatic heterocycles. The molecule has 0 aromatic heterocycles. The first kappa shape index (κ1) is 11.2. The Labute approximate surface area is 94.8 Å². The molecule has 1 fully saturated rings. The molecule has 1 atom stereocenters. The van der Waals surface area contributed by atoms with E-state index in [1.54, 1.807) is 6.07 Å². The molecule has 0 radical (unpaired) electrons. The van der Waals surface area contributed by atoms with Gasteiger partial charge in [-0.2, -0.15) is 0 Å². The average molecular weight is 224 g/mol. The Hall–Kier alpha value is -1.29. The molecule has 0 spiro atoms. The first-order valence-electron chi connectivity index (χ1n) is 5.66. The Balaban J connectivity index is 1.90. The normalized spacial score (nSPS) is 20.7. The second kappa shape index (κ2) is 5.16. The van der Waals surface area contributed by atoms with E-state index in [9.17, 15) is 4.39 Å². The number of nitrogens with two attached hydrogens (primary N) is 1. The number of benzene rings is 1. The molecule has 0 bridgehead atoms. The van der Waals surface area contributed by atoms with Crippen LogP contribution in [0, 0.1) is 5.82 Å². The van der Waals surface area contributed by atoms with E-state index in [0.717, 1.165) is 19.4 Å². The SMILES string of the molecule is Nc1ccc(F)cc1NCC1CCCCO1. The zero-order valence-electron chi connectivity index (χ0n) is 9.21. The van der Waals surface area contributed by atoms with Crippen LogP contribution in [-0.4, -0.2) is 19.3 Å². The highest BCUT2D eigenvalue weighted by Crippen LogP contribution is 2.20. The fourth-order valence-corrected chi connectivity index (χ4v) is 1.87. The molecule has 1 unspecified atom stereocenters. The van der Waals surface area contributed by atoms with E-state index in [-0.39, 0.29) is 11.9 Å². The number of hydrogen-bond donors (Lipinski definition) is 2. The number of rotatable bonds is 3. The first-order chi connectivity index (χ1) is 7.75. The number of ether oxygens (including phenoxy) is 1. The fraction of sp³-hybridized carbons (Fsp3) is 0.500. The van der Waals surface area contributed by atoms with Crippen LogP contribution >= 0.6 is 0 Å². The summed E-state index contributed by atoms with van der Waals surface area (Å²) in [5.41, 5.74) is 6.95. The third-order valence-electron chi connectivity index (χ3n) is 2.81. The number of anilines is 2. The Morgan fingerprint density at radius 1 is 1.44 bits per heavy atom. The third kappa shape index (κ3) is 2.85. The van der Waals surface area contributed by atoms with Crippen LogP contribution in [0.2, 0.25) is 0 Å². The predicted molar refractivity (Wildman–Crippen MR) is 62.9 cm³/mol. The second-order valence-electron chi connectivity index (χ2n) is 4.10. The van der Waals surface area contributed by atoms with Gasteiger partial charge in [-0.15, -0.1) is 0 Å². The summed E-state index contributed by atoms with van der Waals surface area (Å²) in [4.78, 5) is 0. The van der Waals surface area contributed by atoms with E-state index in [0.29, 0.717) is 17.9 Å². The summed E-state index contributed by atoms with van der Waals surface area (Å²) in [6, 6.07) is 4.34. The molecule has 16 heavy (non-hydrogen) atoms. The van der Waals surface area contributed by atoms with Gasteiger partial charge in [-0.25, -0.2) is 4.39 Å². The standard InChI is InChI=1S/C12H17FN2O/c13-9-4-5-11(14)12(7-9)15-8-10-3-1-2-6-16-10/h4-5,7,10,15H,1-3,6,8,14H2. The summed E-state index contributed by atoms with van der Waals surface area (Å²) in [7, 11) is 0. The molecule has 4 heteroatoms. The predicted octanol–water partition coefficient (Wildman–Crippen LogP) is 2.39. The molecule has 1 heterocycles. The van der Waals surface area contributed by atoms with Crippen LogP contribution in [0.4, 0.5) is 15.8 Å². The van der Waals surface area contributed by atoms with Crippen molar-refractivity contribution in [2.24, 2.45) is 0 Å². The Morgan fingerprint density at radius 3 is 3.06 bits per heavy atom. The summed E-state index contributed by atoms with van der Waals surface area (Å²) in [5.74, 6) is -0.277. The van der Waals surface area contributed by atoms with Gasteiger partial charge < -0.3 is 15.8 Å². The second-order valence-corrected chi connectivity index (χ2v) is 4.10. The number of nitrogen functional groups attached to an aromatic ring is 1. The molecule has 3 nitrogen and oxygen atoms in total. The van der Waals surface area contributed by atoms with Crippen molar-refractivity contribution in [3.63, 3.8) is 0 Å². The van der Waals surface area contributed by atoms with Gasteiger partial charge in [0.1, 0.15) is 5.82 Å². The minimum Gasteiger partial charge on any atom is -0.397 e. The van der Waals surface area contributed by atoms with Crippen molar-refractivity contribution in [1.29, 1.82) is 0 Å². The highest BCUT2D eigenvalue weighted by molar-refractivity contribution is 5.65. The van der Waals surface area contributed by atoms with Crippen LogP contribution in [-0.2, 0) is 4.74 Å². The van der Waals surface area contributed by atoms with Gasteiger partial charge in [0.25, 0.3) is 0 Å². The van der Waals surface area contributed by atoms with Crippen molar-refractivity contribution in [3.8, 4) is 0 Å². The zero-order chi connectivity index (χ0) is 11.4. The molecule has 1 saturated heterocycles.